The predicted octanol–water partition coefficient (Wildman–Crippen LogP) is 2.38. The van der Waals surface area contributed by atoms with E-state index in [4.69, 9.17) is 9.47 Å². The molecule has 1 saturated heterocycles. The monoisotopic (exact) mass is 409 g/mol. The average molecular weight is 409 g/mol. The molecular formula is C23H27N3O4. The molecule has 0 aliphatic carbocycles. The highest BCUT2D eigenvalue weighted by Crippen LogP contribution is 2.29. The van der Waals surface area contributed by atoms with Crippen LogP contribution < -0.4 is 10.1 Å². The lowest BCUT2D eigenvalue weighted by Gasteiger charge is -2.35. The third-order valence-electron chi connectivity index (χ3n) is 5.47. The minimum atomic E-state index is -0.214. The van der Waals surface area contributed by atoms with Crippen molar-refractivity contribution < 1.29 is 19.1 Å². The van der Waals surface area contributed by atoms with Gasteiger partial charge in [0.25, 0.3) is 11.8 Å². The van der Waals surface area contributed by atoms with Crippen molar-refractivity contribution in [3.8, 4) is 5.75 Å². The summed E-state index contributed by atoms with van der Waals surface area (Å²) in [5.41, 5.74) is 2.15. The maximum absolute atomic E-state index is 13.5. The zero-order valence-electron chi connectivity index (χ0n) is 17.2. The van der Waals surface area contributed by atoms with E-state index in [1.165, 1.54) is 0 Å². The first kappa shape index (κ1) is 20.4. The molecule has 1 unspecified atom stereocenters. The van der Waals surface area contributed by atoms with E-state index in [0.717, 1.165) is 38.4 Å². The Kier molecular flexibility index (Phi) is 6.30. The van der Waals surface area contributed by atoms with Crippen LogP contribution in [0, 0.1) is 0 Å². The molecule has 2 aromatic carbocycles. The van der Waals surface area contributed by atoms with E-state index in [-0.39, 0.29) is 24.5 Å². The molecule has 4 rings (SSSR count). The van der Waals surface area contributed by atoms with Crippen molar-refractivity contribution in [1.82, 2.24) is 9.80 Å². The Morgan fingerprint density at radius 3 is 2.70 bits per heavy atom. The molecule has 7 heteroatoms. The standard InChI is InChI=1S/C23H27N3O4/c1-17(14-25-9-11-29-12-10-25)26(15-18-5-3-2-4-6-18)23(28)19-7-8-21-20(13-19)24-22(27)16-30-21/h2-8,13,17H,9-12,14-16H2,1H3,(H,24,27). The first-order valence-corrected chi connectivity index (χ1v) is 10.3. The Morgan fingerprint density at radius 1 is 1.17 bits per heavy atom. The predicted molar refractivity (Wildman–Crippen MR) is 114 cm³/mol. The number of benzene rings is 2. The summed E-state index contributed by atoms with van der Waals surface area (Å²) in [5.74, 6) is 0.304. The number of fused-ring (bicyclic) bond motifs is 1. The second-order valence-electron chi connectivity index (χ2n) is 7.73. The molecule has 2 aromatic rings. The minimum absolute atomic E-state index is 0.00297. The number of amides is 2. The Bertz CT molecular complexity index is 897. The van der Waals surface area contributed by atoms with Gasteiger partial charge in [0.1, 0.15) is 5.75 Å². The number of carbonyl (C=O) groups excluding carboxylic acids is 2. The molecular weight excluding hydrogens is 382 g/mol. The fraction of sp³-hybridized carbons (Fsp3) is 0.391. The molecule has 7 nitrogen and oxygen atoms in total. The molecule has 0 spiro atoms. The maximum atomic E-state index is 13.5. The molecule has 2 heterocycles. The molecule has 2 aliphatic rings. The van der Waals surface area contributed by atoms with Crippen LogP contribution in [0.5, 0.6) is 5.75 Å². The Hall–Kier alpha value is -2.90. The summed E-state index contributed by atoms with van der Waals surface area (Å²) in [6.45, 7) is 6.59. The van der Waals surface area contributed by atoms with E-state index in [2.05, 4.69) is 17.1 Å². The Morgan fingerprint density at radius 2 is 1.93 bits per heavy atom. The van der Waals surface area contributed by atoms with Gasteiger partial charge in [0.05, 0.1) is 18.9 Å². The van der Waals surface area contributed by atoms with Crippen molar-refractivity contribution in [3.05, 3.63) is 59.7 Å². The van der Waals surface area contributed by atoms with Gasteiger partial charge in [-0.1, -0.05) is 30.3 Å². The minimum Gasteiger partial charge on any atom is -0.482 e. The molecule has 2 aliphatic heterocycles. The van der Waals surface area contributed by atoms with Crippen molar-refractivity contribution in [3.63, 3.8) is 0 Å². The topological polar surface area (TPSA) is 71.1 Å². The van der Waals surface area contributed by atoms with Gasteiger partial charge in [-0.2, -0.15) is 0 Å². The first-order chi connectivity index (χ1) is 14.6. The molecule has 0 aromatic heterocycles. The number of morpholine rings is 1. The van der Waals surface area contributed by atoms with Crippen molar-refractivity contribution in [2.24, 2.45) is 0 Å². The van der Waals surface area contributed by atoms with Gasteiger partial charge in [0.2, 0.25) is 0 Å². The normalized spacial score (nSPS) is 17.4. The van der Waals surface area contributed by atoms with Crippen molar-refractivity contribution in [2.45, 2.75) is 19.5 Å². The van der Waals surface area contributed by atoms with E-state index in [0.29, 0.717) is 23.5 Å². The summed E-state index contributed by atoms with van der Waals surface area (Å²) < 4.78 is 10.9. The summed E-state index contributed by atoms with van der Waals surface area (Å²) in [7, 11) is 0. The number of carbonyl (C=O) groups is 2. The molecule has 1 fully saturated rings. The molecule has 158 valence electrons. The van der Waals surface area contributed by atoms with E-state index >= 15 is 0 Å². The summed E-state index contributed by atoms with van der Waals surface area (Å²) >= 11 is 0. The number of hydrogen-bond acceptors (Lipinski definition) is 5. The van der Waals surface area contributed by atoms with Crippen LogP contribution in [0.1, 0.15) is 22.8 Å². The smallest absolute Gasteiger partial charge is 0.262 e. The number of ether oxygens (including phenoxy) is 2. The third kappa shape index (κ3) is 4.80. The molecule has 2 amide bonds. The van der Waals surface area contributed by atoms with Crippen LogP contribution >= 0.6 is 0 Å². The Balaban J connectivity index is 1.56. The molecule has 1 N–H and O–H groups in total. The van der Waals surface area contributed by atoms with Crippen molar-refractivity contribution in [2.75, 3.05) is 44.8 Å². The summed E-state index contributed by atoms with van der Waals surface area (Å²) in [6, 6.07) is 15.2. The van der Waals surface area contributed by atoms with E-state index in [1.807, 2.05) is 35.2 Å². The highest BCUT2D eigenvalue weighted by atomic mass is 16.5. The van der Waals surface area contributed by atoms with Gasteiger partial charge in [0.15, 0.2) is 6.61 Å². The van der Waals surface area contributed by atoms with Crippen LogP contribution in [-0.2, 0) is 16.1 Å². The number of nitrogens with zero attached hydrogens (tertiary/aromatic N) is 2. The molecule has 1 atom stereocenters. The molecule has 0 saturated carbocycles. The van der Waals surface area contributed by atoms with Gasteiger partial charge in [-0.05, 0) is 30.7 Å². The van der Waals surface area contributed by atoms with Crippen LogP contribution in [-0.4, -0.2) is 67.1 Å². The van der Waals surface area contributed by atoms with Crippen LogP contribution in [0.3, 0.4) is 0 Å². The Labute approximate surface area is 176 Å². The van der Waals surface area contributed by atoms with Gasteiger partial charge < -0.3 is 19.7 Å². The van der Waals surface area contributed by atoms with Gasteiger partial charge in [-0.25, -0.2) is 0 Å². The van der Waals surface area contributed by atoms with Crippen LogP contribution in [0.15, 0.2) is 48.5 Å². The van der Waals surface area contributed by atoms with Gasteiger partial charge in [-0.15, -0.1) is 0 Å². The average Bonchev–Trinajstić information content (AvgIpc) is 2.78. The largest absolute Gasteiger partial charge is 0.482 e. The molecule has 30 heavy (non-hydrogen) atoms. The van der Waals surface area contributed by atoms with Crippen LogP contribution in [0.4, 0.5) is 5.69 Å². The lowest BCUT2D eigenvalue weighted by Crippen LogP contribution is -2.48. The number of nitrogens with one attached hydrogen (secondary N) is 1. The van der Waals surface area contributed by atoms with E-state index in [1.54, 1.807) is 18.2 Å². The summed E-state index contributed by atoms with van der Waals surface area (Å²) in [6.07, 6.45) is 0. The van der Waals surface area contributed by atoms with Gasteiger partial charge in [-0.3, -0.25) is 14.5 Å². The third-order valence-corrected chi connectivity index (χ3v) is 5.47. The fourth-order valence-corrected chi connectivity index (χ4v) is 3.85. The SMILES string of the molecule is CC(CN1CCOCC1)N(Cc1ccccc1)C(=O)c1ccc2c(c1)NC(=O)CO2. The van der Waals surface area contributed by atoms with Crippen LogP contribution in [0.2, 0.25) is 0 Å². The lowest BCUT2D eigenvalue weighted by atomic mass is 10.1. The van der Waals surface area contributed by atoms with Gasteiger partial charge in [0, 0.05) is 37.8 Å². The zero-order chi connectivity index (χ0) is 20.9. The van der Waals surface area contributed by atoms with Crippen molar-refractivity contribution >= 4 is 17.5 Å². The highest BCUT2D eigenvalue weighted by molar-refractivity contribution is 6.00. The highest BCUT2D eigenvalue weighted by Gasteiger charge is 2.26. The number of anilines is 1. The summed E-state index contributed by atoms with van der Waals surface area (Å²) in [5, 5.41) is 2.78. The first-order valence-electron chi connectivity index (χ1n) is 10.3. The fourth-order valence-electron chi connectivity index (χ4n) is 3.85. The van der Waals surface area contributed by atoms with E-state index < -0.39 is 0 Å². The number of rotatable bonds is 6. The van der Waals surface area contributed by atoms with Crippen molar-refractivity contribution in [1.29, 1.82) is 0 Å². The summed E-state index contributed by atoms with van der Waals surface area (Å²) in [4.78, 5) is 29.4. The van der Waals surface area contributed by atoms with Gasteiger partial charge >= 0.3 is 0 Å². The van der Waals surface area contributed by atoms with Crippen LogP contribution in [0.25, 0.3) is 0 Å². The quantitative estimate of drug-likeness (QED) is 0.793. The zero-order valence-corrected chi connectivity index (χ0v) is 17.2. The van der Waals surface area contributed by atoms with E-state index in [9.17, 15) is 9.59 Å². The lowest BCUT2D eigenvalue weighted by molar-refractivity contribution is -0.118. The second-order valence-corrected chi connectivity index (χ2v) is 7.73. The second kappa shape index (κ2) is 9.28. The molecule has 0 radical (unpaired) electrons. The number of hydrogen-bond donors (Lipinski definition) is 1. The maximum Gasteiger partial charge on any atom is 0.262 e. The molecule has 0 bridgehead atoms.